The first-order valence-corrected chi connectivity index (χ1v) is 28.5. The van der Waals surface area contributed by atoms with Crippen molar-refractivity contribution in [2.24, 2.45) is 41.4 Å². The van der Waals surface area contributed by atoms with Crippen molar-refractivity contribution in [1.29, 1.82) is 0 Å². The monoisotopic (exact) mass is 1070 g/mol. The van der Waals surface area contributed by atoms with Gasteiger partial charge in [-0.2, -0.15) is 12.7 Å². The summed E-state index contributed by atoms with van der Waals surface area (Å²) in [6.07, 6.45) is 9.54. The summed E-state index contributed by atoms with van der Waals surface area (Å²) in [6.45, 7) is 12.3. The molecule has 20 heteroatoms. The van der Waals surface area contributed by atoms with E-state index in [9.17, 15) is 47.4 Å². The van der Waals surface area contributed by atoms with Gasteiger partial charge in [0.25, 0.3) is 11.7 Å². The lowest BCUT2D eigenvalue weighted by Crippen LogP contribution is -2.65. The number of piperidine rings is 1. The normalized spacial score (nSPS) is 39.4. The van der Waals surface area contributed by atoms with Crippen LogP contribution in [0.15, 0.2) is 47.6 Å². The number of carbonyl (C=O) groups is 6. The third-order valence-electron chi connectivity index (χ3n) is 16.8. The lowest BCUT2D eigenvalue weighted by Gasteiger charge is -2.50. The topological polar surface area (TPSA) is 245 Å². The summed E-state index contributed by atoms with van der Waals surface area (Å²) < 4.78 is 58.9. The third kappa shape index (κ3) is 14.9. The van der Waals surface area contributed by atoms with Gasteiger partial charge in [0.15, 0.2) is 5.78 Å². The molecule has 0 aromatic carbocycles. The number of hydrogen-bond acceptors (Lipinski definition) is 16. The zero-order valence-electron chi connectivity index (χ0n) is 45.5. The fourth-order valence-electron chi connectivity index (χ4n) is 12.1. The van der Waals surface area contributed by atoms with Crippen molar-refractivity contribution >= 4 is 45.5 Å². The predicted octanol–water partition coefficient (Wildman–Crippen LogP) is 5.00. The Morgan fingerprint density at radius 1 is 0.880 bits per heavy atom. The van der Waals surface area contributed by atoms with Gasteiger partial charge in [-0.3, -0.25) is 19.2 Å². The molecule has 8 unspecified atom stereocenters. The molecular formula is C55H84N4O15S. The largest absolute Gasteiger partial charge is 0.460 e. The molecule has 4 bridgehead atoms. The summed E-state index contributed by atoms with van der Waals surface area (Å²) in [4.78, 5) is 87.8. The van der Waals surface area contributed by atoms with Crippen molar-refractivity contribution in [3.8, 4) is 0 Å². The van der Waals surface area contributed by atoms with E-state index in [-0.39, 0.29) is 49.5 Å². The van der Waals surface area contributed by atoms with Crippen LogP contribution in [0.4, 0.5) is 4.79 Å². The Morgan fingerprint density at radius 3 is 2.29 bits per heavy atom. The molecule has 15 atom stereocenters. The maximum atomic E-state index is 14.6. The van der Waals surface area contributed by atoms with Gasteiger partial charge in [0, 0.05) is 77.0 Å². The van der Waals surface area contributed by atoms with Crippen molar-refractivity contribution in [1.82, 2.24) is 18.8 Å². The molecule has 5 aliphatic heterocycles. The van der Waals surface area contributed by atoms with Crippen LogP contribution < -0.4 is 4.72 Å². The number of rotatable bonds is 7. The number of methoxy groups -OCH3 is 2. The highest BCUT2D eigenvalue weighted by atomic mass is 32.2. The molecule has 1 saturated carbocycles. The number of Topliss-reactive ketones (excluding diaryl/α,β-unsaturated/α-hetero) is 3. The van der Waals surface area contributed by atoms with Crippen LogP contribution in [0.2, 0.25) is 0 Å². The average Bonchev–Trinajstić information content (AvgIpc) is 3.37. The minimum atomic E-state index is -4.15. The number of ether oxygens (including phenoxy) is 5. The van der Waals surface area contributed by atoms with Crippen LogP contribution >= 0.6 is 0 Å². The molecule has 0 spiro atoms. The Kier molecular flexibility index (Phi) is 21.2. The number of piperazine rings is 1. The number of carbonyl (C=O) groups excluding carboxylic acids is 6. The lowest BCUT2D eigenvalue weighted by molar-refractivity contribution is -0.263. The highest BCUT2D eigenvalue weighted by molar-refractivity contribution is 7.87. The van der Waals surface area contributed by atoms with Gasteiger partial charge in [0.2, 0.25) is 5.79 Å². The first-order valence-electron chi connectivity index (χ1n) is 27.1. The molecule has 5 heterocycles. The summed E-state index contributed by atoms with van der Waals surface area (Å²) >= 11 is 0. The molecule has 19 nitrogen and oxygen atoms in total. The van der Waals surface area contributed by atoms with E-state index in [1.54, 1.807) is 33.8 Å². The Bertz CT molecular complexity index is 2300. The average molecular weight is 1070 g/mol. The van der Waals surface area contributed by atoms with Crippen LogP contribution in [-0.2, 0) is 57.9 Å². The van der Waals surface area contributed by atoms with E-state index in [2.05, 4.69) is 0 Å². The fraction of sp³-hybridized carbons (Fsp3) is 0.745. The number of amides is 2. The Balaban J connectivity index is 1.27. The molecule has 0 aromatic heterocycles. The van der Waals surface area contributed by atoms with Gasteiger partial charge in [0.05, 0.1) is 12.2 Å². The highest BCUT2D eigenvalue weighted by Crippen LogP contribution is 2.45. The molecule has 0 radical (unpaired) electrons. The summed E-state index contributed by atoms with van der Waals surface area (Å²) in [5.74, 6) is -9.12. The SMILES string of the molecule is COC1CC(CC2[C@H]3CCCN4C(=O)C(=O)C5(O)O[C@H](CC/C(C)=C/C=C/C=C/[C@@H](C)CC(C)C(=O)[C@H](OC)C(O)/C(C)=C/[C@@H](C)C(=O)C[C@@H]2OC(=O)C34)CCC5C)CC[C@H]1OC(=O)NS(=O)(=O)N1CCN(C)CC1. The molecule has 4 saturated heterocycles. The number of aliphatic hydroxyl groups is 2. The fourth-order valence-corrected chi connectivity index (χ4v) is 13.1. The second kappa shape index (κ2) is 26.5. The van der Waals surface area contributed by atoms with Crippen LogP contribution in [0.3, 0.4) is 0 Å². The summed E-state index contributed by atoms with van der Waals surface area (Å²) in [7, 11) is 0.576. The third-order valence-corrected chi connectivity index (χ3v) is 18.2. The number of ketones is 3. The quantitative estimate of drug-likeness (QED) is 0.173. The Hall–Kier alpha value is -4.15. The van der Waals surface area contributed by atoms with Crippen molar-refractivity contribution in [2.75, 3.05) is 54.0 Å². The van der Waals surface area contributed by atoms with Gasteiger partial charge in [-0.15, -0.1) is 0 Å². The first kappa shape index (κ1) is 60.1. The minimum Gasteiger partial charge on any atom is -0.460 e. The van der Waals surface area contributed by atoms with Crippen LogP contribution in [-0.4, -0.2) is 170 Å². The van der Waals surface area contributed by atoms with Gasteiger partial charge in [-0.1, -0.05) is 69.7 Å². The predicted molar refractivity (Wildman–Crippen MR) is 278 cm³/mol. The number of hydrogen-bond donors (Lipinski definition) is 3. The second-order valence-corrected chi connectivity index (χ2v) is 24.1. The van der Waals surface area contributed by atoms with Crippen LogP contribution in [0.1, 0.15) is 119 Å². The summed E-state index contributed by atoms with van der Waals surface area (Å²) in [5.41, 5.74) is 1.39. The molecule has 5 fully saturated rings. The number of likely N-dealkylation sites (N-methyl/N-ethyl adjacent to an activating group) is 1. The van der Waals surface area contributed by atoms with Crippen molar-refractivity contribution in [2.45, 2.75) is 167 Å². The number of fused-ring (bicyclic) bond motifs is 4. The molecule has 6 aliphatic rings. The number of nitrogens with one attached hydrogen (secondary N) is 1. The minimum absolute atomic E-state index is 0.0197. The smallest absolute Gasteiger partial charge is 0.422 e. The number of nitrogens with zero attached hydrogens (tertiary/aromatic N) is 3. The van der Waals surface area contributed by atoms with Crippen LogP contribution in [0.5, 0.6) is 0 Å². The molecule has 1 aliphatic carbocycles. The Morgan fingerprint density at radius 2 is 1.60 bits per heavy atom. The zero-order chi connectivity index (χ0) is 54.9. The van der Waals surface area contributed by atoms with Gasteiger partial charge in [0.1, 0.15) is 36.2 Å². The van der Waals surface area contributed by atoms with Crippen molar-refractivity contribution in [3.63, 3.8) is 0 Å². The summed E-state index contributed by atoms with van der Waals surface area (Å²) in [5, 5.41) is 23.5. The first-order chi connectivity index (χ1) is 35.5. The number of allylic oxidation sites excluding steroid dienone is 7. The van der Waals surface area contributed by atoms with E-state index >= 15 is 0 Å². The molecule has 6 rings (SSSR count). The van der Waals surface area contributed by atoms with E-state index in [4.69, 9.17) is 23.7 Å². The van der Waals surface area contributed by atoms with Crippen LogP contribution in [0.25, 0.3) is 0 Å². The van der Waals surface area contributed by atoms with Gasteiger partial charge < -0.3 is 43.7 Å². The van der Waals surface area contributed by atoms with Crippen molar-refractivity contribution < 1.29 is 71.1 Å². The zero-order valence-corrected chi connectivity index (χ0v) is 46.3. The standard InChI is InChI=1S/C55H84N4O15S/c1-33-14-11-10-12-15-34(2)28-36(4)48(61)50(71-9)49(62)37(5)29-35(3)43(60)32-45-42(30-39-19-22-44(46(31-39)70-8)73-54(66)56-75(68,69)58-26-24-57(7)25-27-58)41-16-13-23-59(47(41)53(65)72-45)52(64)51(63)55(67)38(6)18-21-40(74-55)20-17-33/h10-12,14-15,29,34-36,38-42,44-47,49-50,62,67H,13,16-28,30-32H2,1-9H3,(H,56,66)/b11-10+,15-12+,33-14+,37-29+/t34-,35-,36?,38?,39?,40-,41-,42?,44-,45+,46?,47?,49?,50+,55?/m1/s1. The maximum Gasteiger partial charge on any atom is 0.422 e. The van der Waals surface area contributed by atoms with Crippen molar-refractivity contribution in [3.05, 3.63) is 47.6 Å². The Labute approximate surface area is 444 Å². The summed E-state index contributed by atoms with van der Waals surface area (Å²) in [6, 6.07) is -1.20. The number of esters is 1. The van der Waals surface area contributed by atoms with E-state index in [1.165, 1.54) is 23.4 Å². The lowest BCUT2D eigenvalue weighted by atomic mass is 9.68. The van der Waals surface area contributed by atoms with Gasteiger partial charge in [-0.25, -0.2) is 14.3 Å². The molecule has 0 aromatic rings. The highest BCUT2D eigenvalue weighted by Gasteiger charge is 2.57. The van der Waals surface area contributed by atoms with E-state index in [0.29, 0.717) is 89.3 Å². The molecule has 75 heavy (non-hydrogen) atoms. The molecule has 3 N–H and O–H groups in total. The van der Waals surface area contributed by atoms with Gasteiger partial charge >= 0.3 is 22.3 Å². The molecule has 420 valence electrons. The second-order valence-electron chi connectivity index (χ2n) is 22.4. The van der Waals surface area contributed by atoms with E-state index < -0.39 is 112 Å². The van der Waals surface area contributed by atoms with E-state index in [1.807, 2.05) is 60.9 Å². The maximum absolute atomic E-state index is 14.6. The molecular weight excluding hydrogens is 989 g/mol. The van der Waals surface area contributed by atoms with E-state index in [0.717, 1.165) is 5.57 Å². The molecule has 2 amide bonds. The van der Waals surface area contributed by atoms with Gasteiger partial charge in [-0.05, 0) is 115 Å². The number of aliphatic hydroxyl groups excluding tert-OH is 1. The van der Waals surface area contributed by atoms with Crippen LogP contribution in [0, 0.1) is 41.4 Å².